The fourth-order valence-corrected chi connectivity index (χ4v) is 1.65. The molecule has 0 bridgehead atoms. The van der Waals surface area contributed by atoms with Gasteiger partial charge in [0.1, 0.15) is 6.67 Å². The second-order valence-corrected chi connectivity index (χ2v) is 4.08. The minimum Gasteiger partial charge on any atom is -0.298 e. The maximum Gasteiger partial charge on any atom is 0.151 e. The first kappa shape index (κ1) is 11.7. The van der Waals surface area contributed by atoms with E-state index in [0.29, 0.717) is 11.1 Å². The molecule has 1 rings (SSSR count). The number of hydrogen-bond acceptors (Lipinski definition) is 1. The van der Waals surface area contributed by atoms with Crippen molar-refractivity contribution in [3.8, 4) is 0 Å². The zero-order chi connectivity index (χ0) is 10.6. The predicted octanol–water partition coefficient (Wildman–Crippen LogP) is 3.27. The maximum absolute atomic E-state index is 12.5. The molecule has 1 aromatic carbocycles. The van der Waals surface area contributed by atoms with Crippen molar-refractivity contribution in [3.05, 3.63) is 33.8 Å². The second kappa shape index (κ2) is 5.47. The topological polar surface area (TPSA) is 17.1 Å². The molecule has 14 heavy (non-hydrogen) atoms. The van der Waals surface area contributed by atoms with Crippen LogP contribution >= 0.6 is 27.5 Å². The van der Waals surface area contributed by atoms with Gasteiger partial charge in [-0.05, 0) is 23.3 Å². The van der Waals surface area contributed by atoms with Gasteiger partial charge in [0.05, 0.1) is 5.88 Å². The smallest absolute Gasteiger partial charge is 0.151 e. The van der Waals surface area contributed by atoms with Gasteiger partial charge in [0.25, 0.3) is 0 Å². The number of halogens is 3. The van der Waals surface area contributed by atoms with Gasteiger partial charge in [0.15, 0.2) is 5.78 Å². The first-order valence-corrected chi connectivity index (χ1v) is 5.41. The van der Waals surface area contributed by atoms with Crippen LogP contribution in [0.5, 0.6) is 0 Å². The Bertz CT molecular complexity index is 341. The number of ketones is 1. The highest BCUT2D eigenvalue weighted by molar-refractivity contribution is 9.10. The van der Waals surface area contributed by atoms with E-state index in [1.807, 2.05) is 0 Å². The Morgan fingerprint density at radius 1 is 1.43 bits per heavy atom. The van der Waals surface area contributed by atoms with E-state index < -0.39 is 6.67 Å². The van der Waals surface area contributed by atoms with Crippen LogP contribution in [0, 0.1) is 0 Å². The van der Waals surface area contributed by atoms with E-state index >= 15 is 0 Å². The number of rotatable bonds is 4. The van der Waals surface area contributed by atoms with Crippen LogP contribution in [0.1, 0.15) is 11.1 Å². The lowest BCUT2D eigenvalue weighted by molar-refractivity contribution is -0.116. The van der Waals surface area contributed by atoms with Crippen molar-refractivity contribution >= 4 is 33.3 Å². The van der Waals surface area contributed by atoms with Crippen LogP contribution in [0.15, 0.2) is 22.7 Å². The lowest BCUT2D eigenvalue weighted by Gasteiger charge is -2.05. The third-order valence-corrected chi connectivity index (χ3v) is 2.64. The average molecular weight is 280 g/mol. The molecule has 0 atom stereocenters. The van der Waals surface area contributed by atoms with Gasteiger partial charge in [-0.2, -0.15) is 0 Å². The van der Waals surface area contributed by atoms with Gasteiger partial charge in [-0.25, -0.2) is 4.39 Å². The molecule has 0 unspecified atom stereocenters. The molecular weight excluding hydrogens is 270 g/mol. The van der Waals surface area contributed by atoms with Crippen LogP contribution in [0.2, 0.25) is 0 Å². The van der Waals surface area contributed by atoms with Crippen LogP contribution in [0.4, 0.5) is 4.39 Å². The highest BCUT2D eigenvalue weighted by Gasteiger charge is 2.07. The maximum atomic E-state index is 12.5. The van der Waals surface area contributed by atoms with E-state index in [4.69, 9.17) is 11.6 Å². The first-order chi connectivity index (χ1) is 6.67. The van der Waals surface area contributed by atoms with Crippen molar-refractivity contribution in [1.82, 2.24) is 0 Å². The van der Waals surface area contributed by atoms with E-state index in [9.17, 15) is 9.18 Å². The number of carbonyl (C=O) groups is 1. The fourth-order valence-electron chi connectivity index (χ4n) is 1.15. The van der Waals surface area contributed by atoms with E-state index in [-0.39, 0.29) is 18.1 Å². The summed E-state index contributed by atoms with van der Waals surface area (Å²) in [5, 5.41) is 0. The van der Waals surface area contributed by atoms with Crippen LogP contribution in [0.3, 0.4) is 0 Å². The molecule has 0 aliphatic carbocycles. The molecule has 0 radical (unpaired) electrons. The van der Waals surface area contributed by atoms with E-state index in [1.165, 1.54) is 0 Å². The summed E-state index contributed by atoms with van der Waals surface area (Å²) in [6, 6.07) is 5.17. The molecule has 0 N–H and O–H groups in total. The monoisotopic (exact) mass is 278 g/mol. The van der Waals surface area contributed by atoms with Gasteiger partial charge in [0, 0.05) is 10.9 Å². The van der Waals surface area contributed by atoms with Gasteiger partial charge >= 0.3 is 0 Å². The molecule has 0 aromatic heterocycles. The van der Waals surface area contributed by atoms with Gasteiger partial charge in [0.2, 0.25) is 0 Å². The normalized spacial score (nSPS) is 10.2. The second-order valence-electron chi connectivity index (χ2n) is 2.90. The Hall–Kier alpha value is -0.410. The molecule has 0 heterocycles. The summed E-state index contributed by atoms with van der Waals surface area (Å²) < 4.78 is 13.4. The third kappa shape index (κ3) is 3.07. The minimum absolute atomic E-state index is 0.0295. The standard InChI is InChI=1S/C10H9BrClFO/c11-9-2-1-7(6-13)8(3-9)4-10(14)5-12/h1-3H,4-6H2. The van der Waals surface area contributed by atoms with Crippen molar-refractivity contribution in [2.75, 3.05) is 5.88 Å². The minimum atomic E-state index is -0.557. The number of hydrogen-bond donors (Lipinski definition) is 0. The highest BCUT2D eigenvalue weighted by Crippen LogP contribution is 2.18. The van der Waals surface area contributed by atoms with Crippen LogP contribution in [-0.4, -0.2) is 11.7 Å². The summed E-state index contributed by atoms with van der Waals surface area (Å²) in [6.07, 6.45) is 0.197. The lowest BCUT2D eigenvalue weighted by Crippen LogP contribution is -2.05. The van der Waals surface area contributed by atoms with Gasteiger partial charge < -0.3 is 0 Å². The highest BCUT2D eigenvalue weighted by atomic mass is 79.9. The summed E-state index contributed by atoms with van der Waals surface area (Å²) in [5.41, 5.74) is 1.25. The number of carbonyl (C=O) groups excluding carboxylic acids is 1. The van der Waals surface area contributed by atoms with E-state index in [0.717, 1.165) is 4.47 Å². The largest absolute Gasteiger partial charge is 0.298 e. The fraction of sp³-hybridized carbons (Fsp3) is 0.300. The zero-order valence-electron chi connectivity index (χ0n) is 7.40. The molecule has 0 spiro atoms. The van der Waals surface area contributed by atoms with Gasteiger partial charge in [-0.1, -0.05) is 22.0 Å². The molecule has 0 fully saturated rings. The molecular formula is C10H9BrClFO. The molecule has 0 saturated carbocycles. The molecule has 0 aliphatic rings. The van der Waals surface area contributed by atoms with E-state index in [2.05, 4.69) is 15.9 Å². The number of alkyl halides is 2. The van der Waals surface area contributed by atoms with Crippen molar-refractivity contribution in [3.63, 3.8) is 0 Å². The summed E-state index contributed by atoms with van der Waals surface area (Å²) >= 11 is 8.65. The van der Waals surface area contributed by atoms with Crippen LogP contribution in [0.25, 0.3) is 0 Å². The molecule has 0 aliphatic heterocycles. The summed E-state index contributed by atoms with van der Waals surface area (Å²) in [5.74, 6) is -0.127. The molecule has 0 saturated heterocycles. The van der Waals surface area contributed by atoms with Gasteiger partial charge in [-0.15, -0.1) is 11.6 Å². The summed E-state index contributed by atoms with van der Waals surface area (Å²) in [7, 11) is 0. The number of Topliss-reactive ketones (excluding diaryl/α,β-unsaturated/α-hetero) is 1. The zero-order valence-corrected chi connectivity index (χ0v) is 9.74. The molecule has 1 nitrogen and oxygen atoms in total. The first-order valence-electron chi connectivity index (χ1n) is 4.08. The van der Waals surface area contributed by atoms with Crippen molar-refractivity contribution in [2.45, 2.75) is 13.1 Å². The predicted molar refractivity (Wildman–Crippen MR) is 58.4 cm³/mol. The Kier molecular flexibility index (Phi) is 4.55. The Labute approximate surface area is 95.4 Å². The SMILES string of the molecule is O=C(CCl)Cc1cc(Br)ccc1CF. The molecule has 76 valence electrons. The van der Waals surface area contributed by atoms with Crippen molar-refractivity contribution in [1.29, 1.82) is 0 Å². The Balaban J connectivity index is 2.93. The Morgan fingerprint density at radius 2 is 2.14 bits per heavy atom. The average Bonchev–Trinajstić information content (AvgIpc) is 2.18. The number of benzene rings is 1. The van der Waals surface area contributed by atoms with Crippen molar-refractivity contribution in [2.24, 2.45) is 0 Å². The van der Waals surface area contributed by atoms with E-state index in [1.54, 1.807) is 18.2 Å². The summed E-state index contributed by atoms with van der Waals surface area (Å²) in [4.78, 5) is 11.1. The molecule has 0 amide bonds. The molecule has 4 heteroatoms. The Morgan fingerprint density at radius 3 is 2.71 bits per heavy atom. The third-order valence-electron chi connectivity index (χ3n) is 1.85. The van der Waals surface area contributed by atoms with Crippen LogP contribution in [-0.2, 0) is 17.9 Å². The molecule has 1 aromatic rings. The lowest BCUT2D eigenvalue weighted by atomic mass is 10.0. The van der Waals surface area contributed by atoms with Gasteiger partial charge in [-0.3, -0.25) is 4.79 Å². The quantitative estimate of drug-likeness (QED) is 0.773. The van der Waals surface area contributed by atoms with Crippen LogP contribution < -0.4 is 0 Å². The summed E-state index contributed by atoms with van der Waals surface area (Å²) in [6.45, 7) is -0.557. The van der Waals surface area contributed by atoms with Crippen molar-refractivity contribution < 1.29 is 9.18 Å².